The van der Waals surface area contributed by atoms with Crippen LogP contribution >= 0.6 is 0 Å². The molecule has 0 bridgehead atoms. The van der Waals surface area contributed by atoms with Crippen LogP contribution in [0.15, 0.2) is 18.2 Å². The molecule has 0 unspecified atom stereocenters. The summed E-state index contributed by atoms with van der Waals surface area (Å²) >= 11 is 0. The summed E-state index contributed by atoms with van der Waals surface area (Å²) < 4.78 is 0. The first kappa shape index (κ1) is 16.1. The number of nitrogens with zero attached hydrogens (tertiary/aromatic N) is 2. The summed E-state index contributed by atoms with van der Waals surface area (Å²) in [5, 5.41) is 3.00. The first-order chi connectivity index (χ1) is 10.5. The van der Waals surface area contributed by atoms with E-state index in [0.717, 1.165) is 18.8 Å². The summed E-state index contributed by atoms with van der Waals surface area (Å²) in [7, 11) is 3.39. The van der Waals surface area contributed by atoms with E-state index in [1.54, 1.807) is 14.1 Å². The van der Waals surface area contributed by atoms with Crippen LogP contribution in [0.1, 0.15) is 29.6 Å². The van der Waals surface area contributed by atoms with E-state index in [-0.39, 0.29) is 12.5 Å². The highest BCUT2D eigenvalue weighted by Crippen LogP contribution is 2.25. The highest BCUT2D eigenvalue weighted by molar-refractivity contribution is 6.00. The quantitative estimate of drug-likeness (QED) is 0.859. The Labute approximate surface area is 131 Å². The summed E-state index contributed by atoms with van der Waals surface area (Å²) in [6, 6.07) is 5.61. The Kier molecular flexibility index (Phi) is 5.25. The van der Waals surface area contributed by atoms with Crippen LogP contribution in [0.25, 0.3) is 0 Å². The molecule has 6 heteroatoms. The van der Waals surface area contributed by atoms with Crippen molar-refractivity contribution in [1.29, 1.82) is 0 Å². The molecule has 22 heavy (non-hydrogen) atoms. The lowest BCUT2D eigenvalue weighted by molar-refractivity contribution is -0.126. The van der Waals surface area contributed by atoms with Crippen molar-refractivity contribution in [1.82, 2.24) is 4.90 Å². The molecule has 0 radical (unpaired) electrons. The summed E-state index contributed by atoms with van der Waals surface area (Å²) in [5.74, 6) is -0.547. The lowest BCUT2D eigenvalue weighted by atomic mass is 10.1. The fraction of sp³-hybridized carbons (Fsp3) is 0.500. The molecule has 6 nitrogen and oxygen atoms in total. The van der Waals surface area contributed by atoms with Gasteiger partial charge in [-0.05, 0) is 37.5 Å². The van der Waals surface area contributed by atoms with Crippen LogP contribution in [0.3, 0.4) is 0 Å². The molecule has 1 saturated heterocycles. The van der Waals surface area contributed by atoms with Gasteiger partial charge in [0.2, 0.25) is 5.91 Å². The van der Waals surface area contributed by atoms with Gasteiger partial charge >= 0.3 is 0 Å². The Morgan fingerprint density at radius 2 is 1.91 bits per heavy atom. The Hall–Kier alpha value is -2.24. The van der Waals surface area contributed by atoms with Crippen LogP contribution in [0.2, 0.25) is 0 Å². The van der Waals surface area contributed by atoms with Crippen LogP contribution in [-0.4, -0.2) is 50.4 Å². The van der Waals surface area contributed by atoms with E-state index < -0.39 is 5.91 Å². The highest BCUT2D eigenvalue weighted by Gasteiger charge is 2.15. The van der Waals surface area contributed by atoms with E-state index in [4.69, 9.17) is 5.73 Å². The van der Waals surface area contributed by atoms with Crippen LogP contribution in [0.4, 0.5) is 11.4 Å². The van der Waals surface area contributed by atoms with Crippen molar-refractivity contribution >= 4 is 23.2 Å². The molecule has 120 valence electrons. The Balaban J connectivity index is 2.16. The van der Waals surface area contributed by atoms with E-state index in [2.05, 4.69) is 10.2 Å². The topological polar surface area (TPSA) is 78.7 Å². The Morgan fingerprint density at radius 1 is 1.23 bits per heavy atom. The van der Waals surface area contributed by atoms with Crippen LogP contribution in [-0.2, 0) is 4.79 Å². The third-order valence-corrected chi connectivity index (χ3v) is 3.92. The van der Waals surface area contributed by atoms with Crippen molar-refractivity contribution < 1.29 is 9.59 Å². The molecule has 0 aliphatic carbocycles. The number of amides is 2. The molecular formula is C16H24N4O2. The first-order valence-electron chi connectivity index (χ1n) is 7.62. The summed E-state index contributed by atoms with van der Waals surface area (Å²) in [5.41, 5.74) is 7.52. The molecule has 0 saturated carbocycles. The molecule has 0 aromatic heterocycles. The molecule has 1 aromatic rings. The number of rotatable bonds is 5. The second kappa shape index (κ2) is 7.15. The van der Waals surface area contributed by atoms with Gasteiger partial charge in [0.25, 0.3) is 5.91 Å². The smallest absolute Gasteiger partial charge is 0.250 e. The summed E-state index contributed by atoms with van der Waals surface area (Å²) in [6.07, 6.45) is 3.60. The minimum absolute atomic E-state index is 0.0597. The number of primary amides is 1. The number of nitrogens with two attached hydrogens (primary N) is 1. The van der Waals surface area contributed by atoms with Gasteiger partial charge in [-0.2, -0.15) is 0 Å². The van der Waals surface area contributed by atoms with Crippen LogP contribution in [0, 0.1) is 0 Å². The molecule has 0 atom stereocenters. The Morgan fingerprint density at radius 3 is 2.50 bits per heavy atom. The normalized spacial score (nSPS) is 14.5. The lowest BCUT2D eigenvalue weighted by Gasteiger charge is -2.29. The zero-order valence-electron chi connectivity index (χ0n) is 13.3. The maximum atomic E-state index is 11.7. The van der Waals surface area contributed by atoms with E-state index in [0.29, 0.717) is 11.3 Å². The summed E-state index contributed by atoms with van der Waals surface area (Å²) in [6.45, 7) is 2.14. The SMILES string of the molecule is CN(C)C(=O)CNc1ccc(N2CCCCC2)cc1C(N)=O. The number of hydrogen-bond acceptors (Lipinski definition) is 4. The van der Waals surface area contributed by atoms with Gasteiger partial charge in [0.1, 0.15) is 0 Å². The predicted octanol–water partition coefficient (Wildman–Crippen LogP) is 1.28. The van der Waals surface area contributed by atoms with Gasteiger partial charge in [-0.3, -0.25) is 9.59 Å². The van der Waals surface area contributed by atoms with Crippen LogP contribution in [0.5, 0.6) is 0 Å². The maximum absolute atomic E-state index is 11.7. The van der Waals surface area contributed by atoms with Crippen molar-refractivity contribution in [3.63, 3.8) is 0 Å². The molecule has 1 aromatic carbocycles. The van der Waals surface area contributed by atoms with E-state index >= 15 is 0 Å². The number of nitrogens with one attached hydrogen (secondary N) is 1. The van der Waals surface area contributed by atoms with Crippen molar-refractivity contribution in [2.45, 2.75) is 19.3 Å². The molecule has 3 N–H and O–H groups in total. The predicted molar refractivity (Wildman–Crippen MR) is 88.2 cm³/mol. The van der Waals surface area contributed by atoms with Crippen molar-refractivity contribution in [3.8, 4) is 0 Å². The first-order valence-corrected chi connectivity index (χ1v) is 7.62. The largest absolute Gasteiger partial charge is 0.376 e. The zero-order chi connectivity index (χ0) is 16.1. The molecule has 0 spiro atoms. The second-order valence-electron chi connectivity index (χ2n) is 5.78. The average molecular weight is 304 g/mol. The van der Waals surface area contributed by atoms with Crippen molar-refractivity contribution in [2.24, 2.45) is 5.73 Å². The molecule has 2 amide bonds. The van der Waals surface area contributed by atoms with Crippen LogP contribution < -0.4 is 16.0 Å². The minimum Gasteiger partial charge on any atom is -0.376 e. The minimum atomic E-state index is -0.487. The Bertz CT molecular complexity index is 551. The third-order valence-electron chi connectivity index (χ3n) is 3.92. The van der Waals surface area contributed by atoms with Gasteiger partial charge in [0.15, 0.2) is 0 Å². The zero-order valence-corrected chi connectivity index (χ0v) is 13.3. The number of anilines is 2. The third kappa shape index (κ3) is 3.90. The fourth-order valence-electron chi connectivity index (χ4n) is 2.57. The molecule has 1 aliphatic heterocycles. The molecule has 1 fully saturated rings. The number of likely N-dealkylation sites (N-methyl/N-ethyl adjacent to an activating group) is 1. The number of carbonyl (C=O) groups is 2. The van der Waals surface area contributed by atoms with Gasteiger partial charge in [-0.1, -0.05) is 0 Å². The molecule has 1 aliphatic rings. The summed E-state index contributed by atoms with van der Waals surface area (Å²) in [4.78, 5) is 27.1. The van der Waals surface area contributed by atoms with Gasteiger partial charge in [0, 0.05) is 38.6 Å². The fourth-order valence-corrected chi connectivity index (χ4v) is 2.57. The lowest BCUT2D eigenvalue weighted by Crippen LogP contribution is -2.30. The number of hydrogen-bond donors (Lipinski definition) is 2. The molecule has 2 rings (SSSR count). The van der Waals surface area contributed by atoms with E-state index in [1.807, 2.05) is 18.2 Å². The molecule has 1 heterocycles. The number of benzene rings is 1. The number of carbonyl (C=O) groups excluding carboxylic acids is 2. The van der Waals surface area contributed by atoms with Gasteiger partial charge in [0.05, 0.1) is 12.1 Å². The van der Waals surface area contributed by atoms with E-state index in [9.17, 15) is 9.59 Å². The second-order valence-corrected chi connectivity index (χ2v) is 5.78. The van der Waals surface area contributed by atoms with Gasteiger partial charge in [-0.25, -0.2) is 0 Å². The number of piperidine rings is 1. The maximum Gasteiger partial charge on any atom is 0.250 e. The monoisotopic (exact) mass is 304 g/mol. The van der Waals surface area contributed by atoms with Crippen molar-refractivity contribution in [2.75, 3.05) is 43.9 Å². The van der Waals surface area contributed by atoms with Crippen molar-refractivity contribution in [3.05, 3.63) is 23.8 Å². The van der Waals surface area contributed by atoms with E-state index in [1.165, 1.54) is 24.2 Å². The highest BCUT2D eigenvalue weighted by atomic mass is 16.2. The molecular weight excluding hydrogens is 280 g/mol. The standard InChI is InChI=1S/C16H24N4O2/c1-19(2)15(21)11-18-14-7-6-12(10-13(14)16(17)22)20-8-4-3-5-9-20/h6-7,10,18H,3-5,8-9,11H2,1-2H3,(H2,17,22). The van der Waals surface area contributed by atoms with Gasteiger partial charge in [-0.15, -0.1) is 0 Å². The van der Waals surface area contributed by atoms with Gasteiger partial charge < -0.3 is 20.9 Å². The average Bonchev–Trinajstić information content (AvgIpc) is 2.53.